The van der Waals surface area contributed by atoms with Crippen molar-refractivity contribution in [2.24, 2.45) is 0 Å². The first kappa shape index (κ1) is 20.2. The molecule has 0 bridgehead atoms. The summed E-state index contributed by atoms with van der Waals surface area (Å²) in [7, 11) is 0. The maximum Gasteiger partial charge on any atom is 0.376 e. The first-order valence-electron chi connectivity index (χ1n) is 9.13. The molecule has 8 heteroatoms. The third-order valence-electron chi connectivity index (χ3n) is 3.72. The highest BCUT2D eigenvalue weighted by atomic mass is 16.5. The van der Waals surface area contributed by atoms with E-state index in [1.165, 1.54) is 6.20 Å². The highest BCUT2D eigenvalue weighted by molar-refractivity contribution is 5.85. The summed E-state index contributed by atoms with van der Waals surface area (Å²) < 4.78 is 16.6. The van der Waals surface area contributed by atoms with Crippen molar-refractivity contribution in [1.82, 2.24) is 19.9 Å². The minimum absolute atomic E-state index is 0.0405. The largest absolute Gasteiger partial charge is 0.460 e. The van der Waals surface area contributed by atoms with Gasteiger partial charge in [-0.2, -0.15) is 4.98 Å². The average molecular weight is 394 g/mol. The quantitative estimate of drug-likeness (QED) is 0.570. The van der Waals surface area contributed by atoms with Gasteiger partial charge in [-0.25, -0.2) is 14.8 Å². The van der Waals surface area contributed by atoms with Gasteiger partial charge in [0.2, 0.25) is 17.6 Å². The number of esters is 1. The number of carbonyl (C=O) groups is 1. The predicted octanol–water partition coefficient (Wildman–Crippen LogP) is 4.33. The molecule has 0 saturated heterocycles. The van der Waals surface area contributed by atoms with Crippen LogP contribution in [0.15, 0.2) is 48.9 Å². The fourth-order valence-electron chi connectivity index (χ4n) is 2.33. The van der Waals surface area contributed by atoms with Crippen molar-refractivity contribution in [3.05, 3.63) is 60.4 Å². The van der Waals surface area contributed by atoms with Crippen LogP contribution in [0.4, 0.5) is 0 Å². The molecule has 0 aliphatic heterocycles. The Morgan fingerprint density at radius 2 is 1.72 bits per heavy atom. The standard InChI is InChI=1S/C21H22N4O4/c1-5-27-20(26)19-24-16(21(2,3)4)12-17(25-19)28-14-7-6-8-15(11-14)29-18-13-22-9-10-23-18/h6-13H,5H2,1-4H3. The molecule has 3 aromatic rings. The minimum Gasteiger partial charge on any atom is -0.460 e. The number of ether oxygens (including phenoxy) is 3. The fraction of sp³-hybridized carbons (Fsp3) is 0.286. The topological polar surface area (TPSA) is 96.3 Å². The van der Waals surface area contributed by atoms with Crippen molar-refractivity contribution < 1.29 is 19.0 Å². The Hall–Kier alpha value is -3.55. The first-order valence-corrected chi connectivity index (χ1v) is 9.13. The number of carbonyl (C=O) groups excluding carboxylic acids is 1. The second-order valence-electron chi connectivity index (χ2n) is 7.11. The Kier molecular flexibility index (Phi) is 6.01. The Morgan fingerprint density at radius 1 is 1.00 bits per heavy atom. The van der Waals surface area contributed by atoms with Gasteiger partial charge in [0.1, 0.15) is 11.5 Å². The summed E-state index contributed by atoms with van der Waals surface area (Å²) >= 11 is 0. The molecule has 0 amide bonds. The van der Waals surface area contributed by atoms with Crippen LogP contribution in [0.5, 0.6) is 23.3 Å². The molecular weight excluding hydrogens is 372 g/mol. The summed E-state index contributed by atoms with van der Waals surface area (Å²) in [5, 5.41) is 0. The first-order chi connectivity index (χ1) is 13.8. The Morgan fingerprint density at radius 3 is 2.34 bits per heavy atom. The lowest BCUT2D eigenvalue weighted by atomic mass is 9.92. The van der Waals surface area contributed by atoms with E-state index < -0.39 is 5.97 Å². The molecule has 0 aliphatic rings. The smallest absolute Gasteiger partial charge is 0.376 e. The van der Waals surface area contributed by atoms with E-state index in [-0.39, 0.29) is 23.7 Å². The molecule has 0 N–H and O–H groups in total. The number of rotatable bonds is 6. The van der Waals surface area contributed by atoms with Gasteiger partial charge in [0, 0.05) is 29.9 Å². The molecule has 0 aliphatic carbocycles. The van der Waals surface area contributed by atoms with E-state index in [1.807, 2.05) is 20.8 Å². The lowest BCUT2D eigenvalue weighted by molar-refractivity contribution is 0.0510. The van der Waals surface area contributed by atoms with Gasteiger partial charge in [0.15, 0.2) is 0 Å². The maximum absolute atomic E-state index is 12.2. The van der Waals surface area contributed by atoms with Crippen LogP contribution in [0.25, 0.3) is 0 Å². The van der Waals surface area contributed by atoms with Crippen molar-refractivity contribution in [1.29, 1.82) is 0 Å². The number of hydrogen-bond acceptors (Lipinski definition) is 8. The number of benzene rings is 1. The number of aromatic nitrogens is 4. The van der Waals surface area contributed by atoms with Crippen LogP contribution >= 0.6 is 0 Å². The summed E-state index contributed by atoms with van der Waals surface area (Å²) in [6, 6.07) is 8.70. The van der Waals surface area contributed by atoms with Crippen molar-refractivity contribution >= 4 is 5.97 Å². The molecule has 0 fully saturated rings. The molecule has 8 nitrogen and oxygen atoms in total. The Labute approximate surface area is 168 Å². The van der Waals surface area contributed by atoms with Gasteiger partial charge in [-0.3, -0.25) is 4.98 Å². The van der Waals surface area contributed by atoms with E-state index in [0.717, 1.165) is 0 Å². The molecule has 1 aromatic carbocycles. The van der Waals surface area contributed by atoms with Gasteiger partial charge in [-0.15, -0.1) is 0 Å². The molecule has 150 valence electrons. The normalized spacial score (nSPS) is 11.0. The third-order valence-corrected chi connectivity index (χ3v) is 3.72. The lowest BCUT2D eigenvalue weighted by Crippen LogP contribution is -2.18. The lowest BCUT2D eigenvalue weighted by Gasteiger charge is -2.19. The van der Waals surface area contributed by atoms with Crippen LogP contribution in [0.3, 0.4) is 0 Å². The minimum atomic E-state index is -0.594. The van der Waals surface area contributed by atoms with E-state index >= 15 is 0 Å². The van der Waals surface area contributed by atoms with Gasteiger partial charge in [0.05, 0.1) is 18.5 Å². The molecule has 2 heterocycles. The molecule has 0 radical (unpaired) electrons. The summed E-state index contributed by atoms with van der Waals surface area (Å²) in [5.74, 6) is 0.985. The zero-order valence-electron chi connectivity index (χ0n) is 16.7. The number of hydrogen-bond donors (Lipinski definition) is 0. The van der Waals surface area contributed by atoms with Gasteiger partial charge in [-0.1, -0.05) is 26.8 Å². The van der Waals surface area contributed by atoms with Crippen LogP contribution in [0.1, 0.15) is 44.0 Å². The molecule has 0 saturated carbocycles. The summed E-state index contributed by atoms with van der Waals surface area (Å²) in [5.41, 5.74) is 0.358. The second kappa shape index (κ2) is 8.64. The molecule has 0 atom stereocenters. The van der Waals surface area contributed by atoms with E-state index in [2.05, 4.69) is 19.9 Å². The molecule has 3 rings (SSSR count). The highest BCUT2D eigenvalue weighted by Gasteiger charge is 2.22. The third kappa shape index (κ3) is 5.47. The van der Waals surface area contributed by atoms with E-state index in [0.29, 0.717) is 23.1 Å². The van der Waals surface area contributed by atoms with Crippen LogP contribution in [0.2, 0.25) is 0 Å². The van der Waals surface area contributed by atoms with Crippen molar-refractivity contribution in [3.8, 4) is 23.3 Å². The molecule has 2 aromatic heterocycles. The Balaban J connectivity index is 1.88. The van der Waals surface area contributed by atoms with E-state index in [1.54, 1.807) is 49.6 Å². The van der Waals surface area contributed by atoms with Gasteiger partial charge in [-0.05, 0) is 19.1 Å². The summed E-state index contributed by atoms with van der Waals surface area (Å²) in [6.45, 7) is 7.93. The summed E-state index contributed by atoms with van der Waals surface area (Å²) in [6.07, 6.45) is 4.62. The van der Waals surface area contributed by atoms with Crippen molar-refractivity contribution in [2.45, 2.75) is 33.1 Å². The van der Waals surface area contributed by atoms with Gasteiger partial charge >= 0.3 is 5.97 Å². The van der Waals surface area contributed by atoms with Crippen molar-refractivity contribution in [3.63, 3.8) is 0 Å². The summed E-state index contributed by atoms with van der Waals surface area (Å²) in [4.78, 5) is 28.7. The van der Waals surface area contributed by atoms with E-state index in [4.69, 9.17) is 14.2 Å². The second-order valence-corrected chi connectivity index (χ2v) is 7.11. The van der Waals surface area contributed by atoms with Gasteiger partial charge < -0.3 is 14.2 Å². The SMILES string of the molecule is CCOC(=O)c1nc(Oc2cccc(Oc3cnccn3)c2)cc(C(C)(C)C)n1. The monoisotopic (exact) mass is 394 g/mol. The Bertz CT molecular complexity index is 987. The predicted molar refractivity (Wildman–Crippen MR) is 105 cm³/mol. The fourth-order valence-corrected chi connectivity index (χ4v) is 2.33. The highest BCUT2D eigenvalue weighted by Crippen LogP contribution is 2.29. The zero-order chi connectivity index (χ0) is 20.9. The molecular formula is C21H22N4O4. The maximum atomic E-state index is 12.2. The van der Waals surface area contributed by atoms with Crippen molar-refractivity contribution in [2.75, 3.05) is 6.61 Å². The molecule has 0 unspecified atom stereocenters. The van der Waals surface area contributed by atoms with Crippen LogP contribution in [-0.4, -0.2) is 32.5 Å². The van der Waals surface area contributed by atoms with E-state index in [9.17, 15) is 4.79 Å². The molecule has 29 heavy (non-hydrogen) atoms. The number of nitrogens with zero attached hydrogens (tertiary/aromatic N) is 4. The molecule has 0 spiro atoms. The zero-order valence-corrected chi connectivity index (χ0v) is 16.7. The average Bonchev–Trinajstić information content (AvgIpc) is 2.68. The van der Waals surface area contributed by atoms with Crippen LogP contribution < -0.4 is 9.47 Å². The van der Waals surface area contributed by atoms with Crippen LogP contribution in [-0.2, 0) is 10.2 Å². The van der Waals surface area contributed by atoms with Gasteiger partial charge in [0.25, 0.3) is 0 Å². The van der Waals surface area contributed by atoms with Crippen LogP contribution in [0, 0.1) is 0 Å².